The van der Waals surface area contributed by atoms with E-state index in [1.807, 2.05) is 12.1 Å². The minimum Gasteiger partial charge on any atom is -0.457 e. The van der Waals surface area contributed by atoms with E-state index >= 15 is 0 Å². The number of rotatable bonds is 6. The quantitative estimate of drug-likeness (QED) is 0.169. The normalized spacial score (nSPS) is 13.0. The molecule has 0 saturated carbocycles. The molecular formula is C55H36N2O2. The van der Waals surface area contributed by atoms with Crippen molar-refractivity contribution in [3.63, 3.8) is 0 Å². The number of nitrogens with zero attached hydrogens (tertiary/aromatic N) is 2. The second kappa shape index (κ2) is 13.1. The predicted molar refractivity (Wildman–Crippen MR) is 240 cm³/mol. The Balaban J connectivity index is 1.12. The van der Waals surface area contributed by atoms with Crippen molar-refractivity contribution >= 4 is 56.1 Å². The minimum absolute atomic E-state index is 0.660. The number of fused-ring (bicyclic) bond motifs is 12. The van der Waals surface area contributed by atoms with E-state index in [9.17, 15) is 0 Å². The summed E-state index contributed by atoms with van der Waals surface area (Å²) in [6, 6.07) is 77.7. The van der Waals surface area contributed by atoms with Gasteiger partial charge in [0.15, 0.2) is 0 Å². The van der Waals surface area contributed by atoms with Gasteiger partial charge in [0.25, 0.3) is 0 Å². The topological polar surface area (TPSA) is 28.9 Å². The van der Waals surface area contributed by atoms with Crippen molar-refractivity contribution in [1.82, 2.24) is 0 Å². The Labute approximate surface area is 342 Å². The summed E-state index contributed by atoms with van der Waals surface area (Å²) in [5.74, 6) is 1.70. The molecule has 4 nitrogen and oxygen atoms in total. The third kappa shape index (κ3) is 4.96. The summed E-state index contributed by atoms with van der Waals surface area (Å²) in [5, 5.41) is 2.19. The molecule has 0 saturated heterocycles. The second-order valence-corrected chi connectivity index (χ2v) is 15.2. The van der Waals surface area contributed by atoms with Gasteiger partial charge in [-0.2, -0.15) is 0 Å². The molecule has 2 aliphatic rings. The first-order valence-electron chi connectivity index (χ1n) is 20.1. The Kier molecular flexibility index (Phi) is 7.41. The van der Waals surface area contributed by atoms with Crippen LogP contribution in [-0.4, -0.2) is 0 Å². The number of anilines is 6. The zero-order valence-corrected chi connectivity index (χ0v) is 32.0. The summed E-state index contributed by atoms with van der Waals surface area (Å²) >= 11 is 0. The van der Waals surface area contributed by atoms with Crippen LogP contribution < -0.4 is 14.5 Å². The Morgan fingerprint density at radius 3 is 1.54 bits per heavy atom. The van der Waals surface area contributed by atoms with E-state index in [-0.39, 0.29) is 0 Å². The molecule has 1 aliphatic heterocycles. The van der Waals surface area contributed by atoms with Gasteiger partial charge in [0, 0.05) is 56.4 Å². The zero-order chi connectivity index (χ0) is 38.9. The van der Waals surface area contributed by atoms with E-state index in [1.54, 1.807) is 0 Å². The standard InChI is InChI=1S/C55H36N2O2/c1-3-16-37(17-4-1)56(38-18-5-2-6-19-38)39-30-32-40(33-31-39)57(41-34-35-45-44-22-9-13-27-50(44)58-53(45)36-41)49-26-15-29-52-54(49)55(48-25-12-14-28-51(48)59-52)46-23-10-7-20-42(46)43-21-8-11-24-47(43)55/h1-36H. The van der Waals surface area contributed by atoms with Crippen molar-refractivity contribution in [3.05, 3.63) is 241 Å². The van der Waals surface area contributed by atoms with Gasteiger partial charge in [-0.1, -0.05) is 127 Å². The molecule has 0 amide bonds. The maximum atomic E-state index is 6.96. The summed E-state index contributed by atoms with van der Waals surface area (Å²) in [4.78, 5) is 4.68. The zero-order valence-electron chi connectivity index (χ0n) is 32.0. The highest BCUT2D eigenvalue weighted by molar-refractivity contribution is 6.06. The molecule has 0 N–H and O–H groups in total. The maximum absolute atomic E-state index is 6.96. The molecular weight excluding hydrogens is 721 g/mol. The monoisotopic (exact) mass is 756 g/mol. The van der Waals surface area contributed by atoms with Crippen molar-refractivity contribution in [2.24, 2.45) is 0 Å². The molecule has 1 aromatic heterocycles. The Hall–Kier alpha value is -7.82. The minimum atomic E-state index is -0.660. The number of benzene rings is 9. The molecule has 59 heavy (non-hydrogen) atoms. The highest BCUT2D eigenvalue weighted by Gasteiger charge is 2.52. The summed E-state index contributed by atoms with van der Waals surface area (Å²) in [6.07, 6.45) is 0. The number of hydrogen-bond donors (Lipinski definition) is 0. The van der Waals surface area contributed by atoms with Gasteiger partial charge in [0.05, 0.1) is 11.1 Å². The van der Waals surface area contributed by atoms with Crippen molar-refractivity contribution in [2.75, 3.05) is 9.80 Å². The van der Waals surface area contributed by atoms with Gasteiger partial charge in [-0.3, -0.25) is 0 Å². The summed E-state index contributed by atoms with van der Waals surface area (Å²) in [6.45, 7) is 0. The Bertz CT molecular complexity index is 3120. The van der Waals surface area contributed by atoms with Crippen molar-refractivity contribution in [3.8, 4) is 22.6 Å². The van der Waals surface area contributed by atoms with Crippen LogP contribution in [-0.2, 0) is 5.41 Å². The molecule has 4 heteroatoms. The van der Waals surface area contributed by atoms with Crippen LogP contribution in [0.5, 0.6) is 11.5 Å². The van der Waals surface area contributed by atoms with Crippen LogP contribution >= 0.6 is 0 Å². The van der Waals surface area contributed by atoms with E-state index in [2.05, 4.69) is 216 Å². The third-order valence-corrected chi connectivity index (χ3v) is 12.1. The predicted octanol–water partition coefficient (Wildman–Crippen LogP) is 15.0. The lowest BCUT2D eigenvalue weighted by Gasteiger charge is -2.42. The van der Waals surface area contributed by atoms with Crippen LogP contribution in [0.3, 0.4) is 0 Å². The average Bonchev–Trinajstić information content (AvgIpc) is 3.81. The molecule has 1 aliphatic carbocycles. The van der Waals surface area contributed by atoms with Gasteiger partial charge in [0.2, 0.25) is 0 Å². The van der Waals surface area contributed by atoms with Crippen molar-refractivity contribution in [2.45, 2.75) is 5.41 Å². The molecule has 2 heterocycles. The first-order valence-corrected chi connectivity index (χ1v) is 20.1. The average molecular weight is 757 g/mol. The van der Waals surface area contributed by atoms with Gasteiger partial charge in [-0.15, -0.1) is 0 Å². The van der Waals surface area contributed by atoms with Crippen LogP contribution in [0, 0.1) is 0 Å². The van der Waals surface area contributed by atoms with Crippen LogP contribution in [0.2, 0.25) is 0 Å². The van der Waals surface area contributed by atoms with E-state index in [4.69, 9.17) is 9.15 Å². The highest BCUT2D eigenvalue weighted by Crippen LogP contribution is 2.64. The van der Waals surface area contributed by atoms with E-state index in [0.717, 1.165) is 78.7 Å². The molecule has 0 radical (unpaired) electrons. The lowest BCUT2D eigenvalue weighted by Crippen LogP contribution is -2.34. The van der Waals surface area contributed by atoms with Crippen molar-refractivity contribution in [1.29, 1.82) is 0 Å². The fourth-order valence-corrected chi connectivity index (χ4v) is 9.71. The number of furan rings is 1. The summed E-state index contributed by atoms with van der Waals surface area (Å²) in [7, 11) is 0. The molecule has 0 fully saturated rings. The maximum Gasteiger partial charge on any atom is 0.137 e. The largest absolute Gasteiger partial charge is 0.457 e. The molecule has 9 aromatic carbocycles. The SMILES string of the molecule is c1ccc(N(c2ccccc2)c2ccc(N(c3ccc4c(c3)oc3ccccc34)c3cccc4c3C3(c5ccccc5O4)c4ccccc4-c4ccccc43)cc2)cc1. The molecule has 0 unspecified atom stereocenters. The fourth-order valence-electron chi connectivity index (χ4n) is 9.71. The lowest BCUT2D eigenvalue weighted by molar-refractivity contribution is 0.437. The number of para-hydroxylation sites is 4. The third-order valence-electron chi connectivity index (χ3n) is 12.1. The fraction of sp³-hybridized carbons (Fsp3) is 0.0182. The van der Waals surface area contributed by atoms with Crippen LogP contribution in [0.4, 0.5) is 34.1 Å². The Morgan fingerprint density at radius 1 is 0.339 bits per heavy atom. The number of ether oxygens (including phenoxy) is 1. The van der Waals surface area contributed by atoms with Gasteiger partial charge >= 0.3 is 0 Å². The number of hydrogen-bond acceptors (Lipinski definition) is 4. The molecule has 10 aromatic rings. The summed E-state index contributed by atoms with van der Waals surface area (Å²) in [5.41, 5.74) is 14.5. The highest BCUT2D eigenvalue weighted by atomic mass is 16.5. The van der Waals surface area contributed by atoms with Gasteiger partial charge in [-0.25, -0.2) is 0 Å². The molecule has 278 valence electrons. The molecule has 0 bridgehead atoms. The van der Waals surface area contributed by atoms with Crippen LogP contribution in [0.15, 0.2) is 223 Å². The van der Waals surface area contributed by atoms with Gasteiger partial charge in [-0.05, 0) is 107 Å². The Morgan fingerprint density at radius 2 is 0.847 bits per heavy atom. The second-order valence-electron chi connectivity index (χ2n) is 15.2. The van der Waals surface area contributed by atoms with Gasteiger partial charge in [0.1, 0.15) is 22.7 Å². The lowest BCUT2D eigenvalue weighted by atomic mass is 9.65. The van der Waals surface area contributed by atoms with Crippen LogP contribution in [0.1, 0.15) is 22.3 Å². The van der Waals surface area contributed by atoms with Crippen LogP contribution in [0.25, 0.3) is 33.1 Å². The smallest absolute Gasteiger partial charge is 0.137 e. The van der Waals surface area contributed by atoms with Crippen molar-refractivity contribution < 1.29 is 9.15 Å². The first-order chi connectivity index (χ1) is 29.3. The van der Waals surface area contributed by atoms with Gasteiger partial charge < -0.3 is 19.0 Å². The van der Waals surface area contributed by atoms with E-state index in [1.165, 1.54) is 22.3 Å². The molecule has 0 atom stereocenters. The molecule has 1 spiro atoms. The van der Waals surface area contributed by atoms with E-state index < -0.39 is 5.41 Å². The first kappa shape index (κ1) is 33.3. The summed E-state index contributed by atoms with van der Waals surface area (Å²) < 4.78 is 13.5. The molecule has 12 rings (SSSR count). The van der Waals surface area contributed by atoms with E-state index in [0.29, 0.717) is 0 Å².